The summed E-state index contributed by atoms with van der Waals surface area (Å²) >= 11 is 1.07. The zero-order valence-electron chi connectivity index (χ0n) is 14.9. The van der Waals surface area contributed by atoms with E-state index in [1.165, 1.54) is 0 Å². The Balaban J connectivity index is 1.60. The average Bonchev–Trinajstić information content (AvgIpc) is 3.23. The van der Waals surface area contributed by atoms with Gasteiger partial charge in [-0.25, -0.2) is 0 Å². The Bertz CT molecular complexity index is 984. The summed E-state index contributed by atoms with van der Waals surface area (Å²) in [4.78, 5) is 23.3. The first-order valence-corrected chi connectivity index (χ1v) is 9.69. The Labute approximate surface area is 161 Å². The van der Waals surface area contributed by atoms with Gasteiger partial charge in [0, 0.05) is 24.2 Å². The molecule has 2 unspecified atom stereocenters. The van der Waals surface area contributed by atoms with Crippen LogP contribution < -0.4 is 5.32 Å². The van der Waals surface area contributed by atoms with Crippen LogP contribution >= 0.6 is 11.8 Å². The van der Waals surface area contributed by atoms with Crippen molar-refractivity contribution in [2.75, 3.05) is 7.11 Å². The summed E-state index contributed by atoms with van der Waals surface area (Å²) in [6, 6.07) is 18.3. The number of thioether (sulfide) groups is 1. The van der Waals surface area contributed by atoms with Crippen LogP contribution in [0.4, 0.5) is 4.79 Å². The number of methoxy groups -OCH3 is 1. The van der Waals surface area contributed by atoms with Crippen molar-refractivity contribution in [3.8, 4) is 0 Å². The van der Waals surface area contributed by atoms with Crippen molar-refractivity contribution in [1.29, 1.82) is 0 Å². The van der Waals surface area contributed by atoms with Gasteiger partial charge in [-0.2, -0.15) is 0 Å². The Hall–Kier alpha value is -2.57. The fourth-order valence-corrected chi connectivity index (χ4v) is 4.36. The number of benzene rings is 2. The molecular formula is C21H20N2O3S. The predicted molar refractivity (Wildman–Crippen MR) is 107 cm³/mol. The smallest absolute Gasteiger partial charge is 0.286 e. The highest BCUT2D eigenvalue weighted by molar-refractivity contribution is 8.15. The Kier molecular flexibility index (Phi) is 5.01. The van der Waals surface area contributed by atoms with Gasteiger partial charge in [0.1, 0.15) is 0 Å². The van der Waals surface area contributed by atoms with Crippen LogP contribution in [0.25, 0.3) is 10.9 Å². The lowest BCUT2D eigenvalue weighted by Gasteiger charge is -2.17. The molecule has 2 heterocycles. The van der Waals surface area contributed by atoms with Gasteiger partial charge in [-0.1, -0.05) is 54.2 Å². The maximum Gasteiger partial charge on any atom is 0.286 e. The Morgan fingerprint density at radius 1 is 1.11 bits per heavy atom. The average molecular weight is 380 g/mol. The molecule has 1 aromatic heterocycles. The molecule has 1 saturated heterocycles. The number of nitrogens with zero attached hydrogens (tertiary/aromatic N) is 1. The highest BCUT2D eigenvalue weighted by atomic mass is 32.2. The quantitative estimate of drug-likeness (QED) is 0.704. The highest BCUT2D eigenvalue weighted by Gasteiger charge is 2.31. The number of carbonyl (C=O) groups is 2. The van der Waals surface area contributed by atoms with E-state index in [-0.39, 0.29) is 22.5 Å². The Morgan fingerprint density at radius 2 is 1.93 bits per heavy atom. The van der Waals surface area contributed by atoms with Crippen molar-refractivity contribution >= 4 is 33.8 Å². The molecule has 1 aliphatic heterocycles. The van der Waals surface area contributed by atoms with Crippen LogP contribution in [-0.4, -0.2) is 28.1 Å². The molecule has 4 rings (SSSR count). The molecule has 2 aromatic carbocycles. The van der Waals surface area contributed by atoms with Crippen molar-refractivity contribution in [2.45, 2.75) is 24.3 Å². The van der Waals surface area contributed by atoms with Crippen LogP contribution in [0.1, 0.15) is 17.2 Å². The van der Waals surface area contributed by atoms with Crippen LogP contribution in [0.5, 0.6) is 0 Å². The van der Waals surface area contributed by atoms with Crippen molar-refractivity contribution in [1.82, 2.24) is 9.88 Å². The fourth-order valence-electron chi connectivity index (χ4n) is 3.51. The van der Waals surface area contributed by atoms with Crippen molar-refractivity contribution in [3.05, 3.63) is 71.9 Å². The molecule has 2 atom stereocenters. The Morgan fingerprint density at radius 3 is 2.63 bits per heavy atom. The molecule has 1 fully saturated rings. The number of aromatic nitrogens is 1. The molecule has 0 bridgehead atoms. The van der Waals surface area contributed by atoms with Crippen molar-refractivity contribution in [3.63, 3.8) is 0 Å². The van der Waals surface area contributed by atoms with E-state index in [9.17, 15) is 9.59 Å². The second-order valence-corrected chi connectivity index (χ2v) is 7.72. The molecule has 0 saturated carbocycles. The lowest BCUT2D eigenvalue weighted by molar-refractivity contribution is -0.118. The van der Waals surface area contributed by atoms with Gasteiger partial charge in [0.2, 0.25) is 5.91 Å². The number of hydrogen-bond acceptors (Lipinski definition) is 4. The summed E-state index contributed by atoms with van der Waals surface area (Å²) < 4.78 is 7.88. The molecule has 138 valence electrons. The van der Waals surface area contributed by atoms with Gasteiger partial charge in [-0.15, -0.1) is 0 Å². The van der Waals surface area contributed by atoms with Crippen molar-refractivity contribution < 1.29 is 14.3 Å². The number of fused-ring (bicyclic) bond motifs is 1. The molecule has 0 spiro atoms. The lowest BCUT2D eigenvalue weighted by atomic mass is 10.0. The molecule has 1 aliphatic rings. The normalized spacial score (nSPS) is 18.0. The zero-order valence-corrected chi connectivity index (χ0v) is 15.7. The number of carbonyl (C=O) groups excluding carboxylic acids is 2. The van der Waals surface area contributed by atoms with E-state index in [1.807, 2.05) is 30.3 Å². The van der Waals surface area contributed by atoms with Crippen LogP contribution in [0.2, 0.25) is 0 Å². The van der Waals surface area contributed by atoms with E-state index in [4.69, 9.17) is 4.74 Å². The van der Waals surface area contributed by atoms with Crippen LogP contribution in [0.3, 0.4) is 0 Å². The maximum absolute atomic E-state index is 11.9. The van der Waals surface area contributed by atoms with E-state index in [0.29, 0.717) is 13.0 Å². The topological polar surface area (TPSA) is 60.3 Å². The van der Waals surface area contributed by atoms with Gasteiger partial charge in [-0.3, -0.25) is 14.9 Å². The van der Waals surface area contributed by atoms with Gasteiger partial charge in [0.05, 0.1) is 17.9 Å². The van der Waals surface area contributed by atoms with E-state index < -0.39 is 0 Å². The van der Waals surface area contributed by atoms with Gasteiger partial charge in [0.15, 0.2) is 0 Å². The van der Waals surface area contributed by atoms with Gasteiger partial charge in [-0.05, 0) is 29.7 Å². The fraction of sp³-hybridized carbons (Fsp3) is 0.238. The second-order valence-electron chi connectivity index (χ2n) is 6.54. The third-order valence-corrected chi connectivity index (χ3v) is 5.88. The first-order chi connectivity index (χ1) is 13.2. The highest BCUT2D eigenvalue weighted by Crippen LogP contribution is 2.29. The summed E-state index contributed by atoms with van der Waals surface area (Å²) in [7, 11) is 1.72. The molecule has 1 N–H and O–H groups in total. The third-order valence-electron chi connectivity index (χ3n) is 4.89. The summed E-state index contributed by atoms with van der Waals surface area (Å²) in [5.41, 5.74) is 3.30. The number of hydrogen-bond donors (Lipinski definition) is 1. The molecule has 5 nitrogen and oxygen atoms in total. The largest absolute Gasteiger partial charge is 0.375 e. The van der Waals surface area contributed by atoms with E-state index >= 15 is 0 Å². The molecule has 27 heavy (non-hydrogen) atoms. The maximum atomic E-state index is 11.9. The minimum atomic E-state index is -0.359. The molecule has 0 radical (unpaired) electrons. The van der Waals surface area contributed by atoms with Gasteiger partial charge >= 0.3 is 0 Å². The van der Waals surface area contributed by atoms with Gasteiger partial charge in [0.25, 0.3) is 5.24 Å². The van der Waals surface area contributed by atoms with Crippen LogP contribution in [-0.2, 0) is 22.5 Å². The molecule has 6 heteroatoms. The number of amides is 2. The second kappa shape index (κ2) is 7.58. The van der Waals surface area contributed by atoms with E-state index in [1.54, 1.807) is 7.11 Å². The third kappa shape index (κ3) is 3.63. The summed E-state index contributed by atoms with van der Waals surface area (Å²) in [5.74, 6) is -0.204. The zero-order chi connectivity index (χ0) is 18.8. The molecular weight excluding hydrogens is 360 g/mol. The van der Waals surface area contributed by atoms with Crippen LogP contribution in [0, 0.1) is 0 Å². The standard InChI is InChI=1S/C21H20N2O3S/c1-26-18(14-6-3-2-4-7-14)13-23-11-10-16-15(8-5-9-17(16)23)12-19-20(24)22-21(25)27-19/h2-11,18-19H,12-13H2,1H3,(H,22,24,25). The van der Waals surface area contributed by atoms with Crippen molar-refractivity contribution in [2.24, 2.45) is 0 Å². The summed E-state index contributed by atoms with van der Waals surface area (Å²) in [6.45, 7) is 0.699. The summed E-state index contributed by atoms with van der Waals surface area (Å²) in [6.07, 6.45) is 2.55. The predicted octanol–water partition coefficient (Wildman–Crippen LogP) is 3.92. The van der Waals surface area contributed by atoms with E-state index in [0.717, 1.165) is 33.8 Å². The summed E-state index contributed by atoms with van der Waals surface area (Å²) in [5, 5.41) is 2.84. The molecule has 3 aromatic rings. The SMILES string of the molecule is COC(Cn1ccc2c(CC3SC(=O)NC3=O)cccc21)c1ccccc1. The number of rotatable bonds is 6. The monoisotopic (exact) mass is 380 g/mol. The first kappa shape index (κ1) is 17.8. The van der Waals surface area contributed by atoms with E-state index in [2.05, 4.69) is 40.3 Å². The number of nitrogens with one attached hydrogen (secondary N) is 1. The number of ether oxygens (including phenoxy) is 1. The first-order valence-electron chi connectivity index (χ1n) is 8.81. The van der Waals surface area contributed by atoms with Gasteiger partial charge < -0.3 is 9.30 Å². The van der Waals surface area contributed by atoms with Crippen LogP contribution in [0.15, 0.2) is 60.8 Å². The minimum absolute atomic E-state index is 0.0424. The molecule has 0 aliphatic carbocycles. The lowest BCUT2D eigenvalue weighted by Crippen LogP contribution is -2.25. The number of imide groups is 1. The minimum Gasteiger partial charge on any atom is -0.375 e. The molecule has 2 amide bonds.